The highest BCUT2D eigenvalue weighted by Gasteiger charge is 2.10. The van der Waals surface area contributed by atoms with Crippen molar-refractivity contribution in [1.82, 2.24) is 5.32 Å². The van der Waals surface area contributed by atoms with E-state index in [2.05, 4.69) is 31.4 Å². The topological polar surface area (TPSA) is 24.1 Å². The maximum absolute atomic E-state index is 6.21. The Morgan fingerprint density at radius 1 is 1.11 bits per heavy atom. The minimum Gasteiger partial charge on any atom is -0.383 e. The summed E-state index contributed by atoms with van der Waals surface area (Å²) in [6.07, 6.45) is 0.920. The Labute approximate surface area is 120 Å². The van der Waals surface area contributed by atoms with Crippen LogP contribution >= 0.6 is 23.2 Å². The molecule has 0 fully saturated rings. The number of anilines is 1. The van der Waals surface area contributed by atoms with E-state index in [1.54, 1.807) is 0 Å². The molecule has 0 bridgehead atoms. The van der Waals surface area contributed by atoms with Crippen LogP contribution < -0.4 is 10.6 Å². The van der Waals surface area contributed by atoms with Crippen LogP contribution in [0.1, 0.15) is 33.3 Å². The molecule has 4 heteroatoms. The zero-order valence-corrected chi connectivity index (χ0v) is 13.0. The highest BCUT2D eigenvalue weighted by molar-refractivity contribution is 6.39. The summed E-state index contributed by atoms with van der Waals surface area (Å²) in [7, 11) is 0. The number of nitrogens with one attached hydrogen (secondary N) is 2. The van der Waals surface area contributed by atoms with Gasteiger partial charge in [0.05, 0.1) is 15.7 Å². The van der Waals surface area contributed by atoms with Crippen LogP contribution in [0.5, 0.6) is 0 Å². The van der Waals surface area contributed by atoms with E-state index in [4.69, 9.17) is 23.2 Å². The minimum absolute atomic E-state index is 0.136. The van der Waals surface area contributed by atoms with Gasteiger partial charge in [0.1, 0.15) is 0 Å². The van der Waals surface area contributed by atoms with Crippen LogP contribution in [-0.2, 0) is 6.42 Å². The lowest BCUT2D eigenvalue weighted by Crippen LogP contribution is -2.37. The minimum atomic E-state index is 0.136. The van der Waals surface area contributed by atoms with Gasteiger partial charge in [-0.3, -0.25) is 0 Å². The van der Waals surface area contributed by atoms with Crippen LogP contribution in [0.2, 0.25) is 10.0 Å². The third-order valence-corrected chi connectivity index (χ3v) is 3.12. The molecule has 1 aromatic rings. The number of rotatable bonds is 5. The molecule has 0 saturated heterocycles. The Kier molecular flexibility index (Phi) is 5.77. The fraction of sp³-hybridized carbons (Fsp3) is 0.571. The molecular weight excluding hydrogens is 267 g/mol. The maximum atomic E-state index is 6.21. The van der Waals surface area contributed by atoms with Crippen LogP contribution in [0, 0.1) is 0 Å². The third kappa shape index (κ3) is 5.05. The summed E-state index contributed by atoms with van der Waals surface area (Å²) in [5.41, 5.74) is 2.12. The standard InChI is InChI=1S/C14H22Cl2N2/c1-5-17-13-11(15)8-10(9-12(13)16)6-7-18-14(2,3)4/h8-9,17-18H,5-7H2,1-4H3. The van der Waals surface area contributed by atoms with Gasteiger partial charge in [-0.1, -0.05) is 23.2 Å². The Hall–Kier alpha value is -0.440. The molecule has 2 N–H and O–H groups in total. The summed E-state index contributed by atoms with van der Waals surface area (Å²) in [5.74, 6) is 0. The smallest absolute Gasteiger partial charge is 0.0719 e. The molecule has 18 heavy (non-hydrogen) atoms. The van der Waals surface area contributed by atoms with Crippen molar-refractivity contribution in [2.45, 2.75) is 39.7 Å². The molecule has 1 aromatic carbocycles. The first-order valence-corrected chi connectivity index (χ1v) is 7.06. The summed E-state index contributed by atoms with van der Waals surface area (Å²) in [6.45, 7) is 10.2. The monoisotopic (exact) mass is 288 g/mol. The lowest BCUT2D eigenvalue weighted by atomic mass is 10.1. The van der Waals surface area contributed by atoms with Gasteiger partial charge in [-0.05, 0) is 58.4 Å². The van der Waals surface area contributed by atoms with Crippen LogP contribution in [0.4, 0.5) is 5.69 Å². The summed E-state index contributed by atoms with van der Waals surface area (Å²) in [5, 5.41) is 8.00. The predicted molar refractivity (Wildman–Crippen MR) is 82.1 cm³/mol. The van der Waals surface area contributed by atoms with Crippen LogP contribution in [0.25, 0.3) is 0 Å². The van der Waals surface area contributed by atoms with Crippen molar-refractivity contribution in [1.29, 1.82) is 0 Å². The van der Waals surface area contributed by atoms with Gasteiger partial charge in [0.25, 0.3) is 0 Å². The zero-order valence-electron chi connectivity index (χ0n) is 11.5. The number of benzene rings is 1. The van der Waals surface area contributed by atoms with Gasteiger partial charge in [0.15, 0.2) is 0 Å². The Bertz CT molecular complexity index is 374. The van der Waals surface area contributed by atoms with Crippen molar-refractivity contribution in [3.8, 4) is 0 Å². The fourth-order valence-electron chi connectivity index (χ4n) is 1.70. The molecule has 0 spiro atoms. The van der Waals surface area contributed by atoms with Gasteiger partial charge in [-0.25, -0.2) is 0 Å². The normalized spacial score (nSPS) is 11.7. The molecular formula is C14H22Cl2N2. The number of hydrogen-bond acceptors (Lipinski definition) is 2. The van der Waals surface area contributed by atoms with Crippen molar-refractivity contribution < 1.29 is 0 Å². The zero-order chi connectivity index (χ0) is 13.8. The van der Waals surface area contributed by atoms with Crippen LogP contribution in [-0.4, -0.2) is 18.6 Å². The van der Waals surface area contributed by atoms with E-state index >= 15 is 0 Å². The summed E-state index contributed by atoms with van der Waals surface area (Å²) in [6, 6.07) is 3.96. The van der Waals surface area contributed by atoms with Crippen molar-refractivity contribution in [2.75, 3.05) is 18.4 Å². The molecule has 0 aliphatic carbocycles. The van der Waals surface area contributed by atoms with E-state index in [1.807, 2.05) is 19.1 Å². The lowest BCUT2D eigenvalue weighted by molar-refractivity contribution is 0.429. The molecule has 0 amide bonds. The van der Waals surface area contributed by atoms with E-state index in [9.17, 15) is 0 Å². The van der Waals surface area contributed by atoms with Crippen molar-refractivity contribution in [2.24, 2.45) is 0 Å². The Morgan fingerprint density at radius 3 is 2.11 bits per heavy atom. The highest BCUT2D eigenvalue weighted by atomic mass is 35.5. The van der Waals surface area contributed by atoms with Gasteiger partial charge >= 0.3 is 0 Å². The molecule has 0 unspecified atom stereocenters. The van der Waals surface area contributed by atoms with Crippen molar-refractivity contribution in [3.63, 3.8) is 0 Å². The highest BCUT2D eigenvalue weighted by Crippen LogP contribution is 2.31. The Morgan fingerprint density at radius 2 is 1.67 bits per heavy atom. The van der Waals surface area contributed by atoms with Crippen molar-refractivity contribution >= 4 is 28.9 Å². The maximum Gasteiger partial charge on any atom is 0.0719 e. The molecule has 102 valence electrons. The molecule has 0 aromatic heterocycles. The van der Waals surface area contributed by atoms with Gasteiger partial charge in [-0.2, -0.15) is 0 Å². The molecule has 0 saturated carbocycles. The molecule has 0 radical (unpaired) electrons. The van der Waals surface area contributed by atoms with E-state index in [-0.39, 0.29) is 5.54 Å². The number of hydrogen-bond donors (Lipinski definition) is 2. The fourth-order valence-corrected chi connectivity index (χ4v) is 2.36. The van der Waals surface area contributed by atoms with Gasteiger partial charge in [-0.15, -0.1) is 0 Å². The second-order valence-corrected chi connectivity index (χ2v) is 6.21. The van der Waals surface area contributed by atoms with Crippen LogP contribution in [0.3, 0.4) is 0 Å². The largest absolute Gasteiger partial charge is 0.383 e. The summed E-state index contributed by atoms with van der Waals surface area (Å²) < 4.78 is 0. The van der Waals surface area contributed by atoms with E-state index in [0.717, 1.165) is 30.8 Å². The predicted octanol–water partition coefficient (Wildman–Crippen LogP) is 4.36. The average Bonchev–Trinajstić information content (AvgIpc) is 2.21. The van der Waals surface area contributed by atoms with E-state index in [0.29, 0.717) is 10.0 Å². The van der Waals surface area contributed by atoms with Crippen molar-refractivity contribution in [3.05, 3.63) is 27.7 Å². The molecule has 0 aliphatic rings. The van der Waals surface area contributed by atoms with Crippen LogP contribution in [0.15, 0.2) is 12.1 Å². The third-order valence-electron chi connectivity index (χ3n) is 2.52. The second kappa shape index (κ2) is 6.65. The number of halogens is 2. The molecule has 1 rings (SSSR count). The average molecular weight is 289 g/mol. The quantitative estimate of drug-likeness (QED) is 0.841. The molecule has 0 atom stereocenters. The van der Waals surface area contributed by atoms with Gasteiger partial charge in [0.2, 0.25) is 0 Å². The molecule has 0 heterocycles. The SMILES string of the molecule is CCNc1c(Cl)cc(CCNC(C)(C)C)cc1Cl. The first-order valence-electron chi connectivity index (χ1n) is 6.30. The van der Waals surface area contributed by atoms with Gasteiger partial charge < -0.3 is 10.6 Å². The first kappa shape index (κ1) is 15.6. The van der Waals surface area contributed by atoms with Gasteiger partial charge in [0, 0.05) is 12.1 Å². The summed E-state index contributed by atoms with van der Waals surface area (Å²) in [4.78, 5) is 0. The molecule has 2 nitrogen and oxygen atoms in total. The lowest BCUT2D eigenvalue weighted by Gasteiger charge is -2.20. The first-order chi connectivity index (χ1) is 8.33. The second-order valence-electron chi connectivity index (χ2n) is 5.39. The Balaban J connectivity index is 2.68. The van der Waals surface area contributed by atoms with E-state index in [1.165, 1.54) is 0 Å². The van der Waals surface area contributed by atoms with E-state index < -0.39 is 0 Å². The summed E-state index contributed by atoms with van der Waals surface area (Å²) >= 11 is 12.4. The molecule has 0 aliphatic heterocycles.